The molecule has 0 amide bonds. The average molecular weight is 162 g/mol. The van der Waals surface area contributed by atoms with E-state index in [0.717, 1.165) is 0 Å². The summed E-state index contributed by atoms with van der Waals surface area (Å²) in [5, 5.41) is 17.5. The van der Waals surface area contributed by atoms with Gasteiger partial charge in [-0.3, -0.25) is 0 Å². The number of allylic oxidation sites excluding steroid dienone is 1. The van der Waals surface area contributed by atoms with Crippen molar-refractivity contribution in [3.05, 3.63) is 11.8 Å². The first-order chi connectivity index (χ1) is 4.54. The number of carboxylic acid groups (broad SMARTS) is 1. The SMILES string of the molecule is CC1=CC(C)(C(=O)[O-])N=N1.[Na+]. The van der Waals surface area contributed by atoms with Crippen LogP contribution in [0.2, 0.25) is 0 Å². The third-order valence-corrected chi connectivity index (χ3v) is 1.32. The zero-order chi connectivity index (χ0) is 7.78. The van der Waals surface area contributed by atoms with Crippen LogP contribution in [-0.4, -0.2) is 11.5 Å². The second-order valence-electron chi connectivity index (χ2n) is 2.42. The number of azo groups is 1. The molecule has 1 aliphatic heterocycles. The van der Waals surface area contributed by atoms with Gasteiger partial charge in [0.15, 0.2) is 0 Å². The third kappa shape index (κ3) is 2.12. The van der Waals surface area contributed by atoms with Gasteiger partial charge in [-0.05, 0) is 19.9 Å². The zero-order valence-electron chi connectivity index (χ0n) is 6.79. The molecule has 0 aromatic carbocycles. The first-order valence-corrected chi connectivity index (χ1v) is 2.88. The molecule has 1 aliphatic rings. The van der Waals surface area contributed by atoms with Gasteiger partial charge in [-0.2, -0.15) is 10.2 Å². The standard InChI is InChI=1S/C6H8N2O2.Na/c1-4-3-6(2,5(9)10)8-7-4;/h3H,1-2H3,(H,9,10);/q;+1/p-1. The van der Waals surface area contributed by atoms with Gasteiger partial charge >= 0.3 is 29.6 Å². The molecule has 0 aromatic rings. The Bertz CT molecular complexity index is 237. The van der Waals surface area contributed by atoms with E-state index in [1.807, 2.05) is 0 Å². The minimum atomic E-state index is -1.23. The van der Waals surface area contributed by atoms with Crippen molar-refractivity contribution < 1.29 is 39.5 Å². The van der Waals surface area contributed by atoms with E-state index in [4.69, 9.17) is 0 Å². The summed E-state index contributed by atoms with van der Waals surface area (Å²) in [6.07, 6.45) is 1.46. The molecule has 0 spiro atoms. The molecule has 1 unspecified atom stereocenters. The first-order valence-electron chi connectivity index (χ1n) is 2.88. The van der Waals surface area contributed by atoms with E-state index >= 15 is 0 Å². The molecule has 0 radical (unpaired) electrons. The van der Waals surface area contributed by atoms with Crippen LogP contribution in [0.5, 0.6) is 0 Å². The molecule has 0 N–H and O–H groups in total. The minimum Gasteiger partial charge on any atom is -0.547 e. The van der Waals surface area contributed by atoms with E-state index in [2.05, 4.69) is 10.2 Å². The van der Waals surface area contributed by atoms with Gasteiger partial charge in [0.05, 0.1) is 11.7 Å². The molecule has 0 aliphatic carbocycles. The molecule has 0 saturated carbocycles. The van der Waals surface area contributed by atoms with Crippen molar-refractivity contribution in [1.82, 2.24) is 0 Å². The molecule has 0 saturated heterocycles. The topological polar surface area (TPSA) is 64.8 Å². The molecule has 1 atom stereocenters. The number of hydrogen-bond donors (Lipinski definition) is 0. The number of rotatable bonds is 1. The van der Waals surface area contributed by atoms with Crippen molar-refractivity contribution in [2.45, 2.75) is 19.4 Å². The Hall–Kier alpha value is -0.190. The van der Waals surface area contributed by atoms with Gasteiger partial charge in [0.25, 0.3) is 0 Å². The van der Waals surface area contributed by atoms with E-state index < -0.39 is 11.5 Å². The Morgan fingerprint density at radius 1 is 1.73 bits per heavy atom. The largest absolute Gasteiger partial charge is 1.00 e. The van der Waals surface area contributed by atoms with Gasteiger partial charge in [0.2, 0.25) is 0 Å². The first kappa shape index (κ1) is 10.8. The average Bonchev–Trinajstić information content (AvgIpc) is 2.13. The second-order valence-corrected chi connectivity index (χ2v) is 2.42. The van der Waals surface area contributed by atoms with Gasteiger partial charge in [0, 0.05) is 0 Å². The van der Waals surface area contributed by atoms with Crippen LogP contribution in [0.1, 0.15) is 13.8 Å². The van der Waals surface area contributed by atoms with Gasteiger partial charge in [0.1, 0.15) is 5.54 Å². The molecule has 5 heteroatoms. The van der Waals surface area contributed by atoms with Crippen LogP contribution in [0.4, 0.5) is 0 Å². The minimum absolute atomic E-state index is 0. The van der Waals surface area contributed by atoms with Crippen molar-refractivity contribution in [2.24, 2.45) is 10.2 Å². The van der Waals surface area contributed by atoms with Crippen molar-refractivity contribution in [1.29, 1.82) is 0 Å². The maximum atomic E-state index is 10.4. The van der Waals surface area contributed by atoms with Crippen LogP contribution < -0.4 is 34.7 Å². The molecule has 0 bridgehead atoms. The van der Waals surface area contributed by atoms with Crippen LogP contribution >= 0.6 is 0 Å². The summed E-state index contributed by atoms with van der Waals surface area (Å²) < 4.78 is 0. The predicted molar refractivity (Wildman–Crippen MR) is 32.0 cm³/mol. The van der Waals surface area contributed by atoms with E-state index in [1.54, 1.807) is 6.92 Å². The van der Waals surface area contributed by atoms with E-state index in [-0.39, 0.29) is 29.6 Å². The molecule has 0 aromatic heterocycles. The summed E-state index contributed by atoms with van der Waals surface area (Å²) >= 11 is 0. The summed E-state index contributed by atoms with van der Waals surface area (Å²) in [4.78, 5) is 10.4. The third-order valence-electron chi connectivity index (χ3n) is 1.32. The number of carbonyl (C=O) groups excluding carboxylic acids is 1. The monoisotopic (exact) mass is 162 g/mol. The number of nitrogens with zero attached hydrogens (tertiary/aromatic N) is 2. The van der Waals surface area contributed by atoms with Gasteiger partial charge in [-0.1, -0.05) is 0 Å². The maximum absolute atomic E-state index is 10.4. The number of aliphatic carboxylic acids is 1. The normalized spacial score (nSPS) is 27.6. The number of carbonyl (C=O) groups is 1. The fraction of sp³-hybridized carbons (Fsp3) is 0.500. The van der Waals surface area contributed by atoms with Crippen LogP contribution in [0.25, 0.3) is 0 Å². The summed E-state index contributed by atoms with van der Waals surface area (Å²) in [5.41, 5.74) is -0.615. The molecule has 0 fully saturated rings. The molecule has 11 heavy (non-hydrogen) atoms. The Labute approximate surface area is 86.7 Å². The van der Waals surface area contributed by atoms with Crippen LogP contribution in [0.15, 0.2) is 22.0 Å². The molecule has 54 valence electrons. The Morgan fingerprint density at radius 3 is 2.45 bits per heavy atom. The molecule has 1 rings (SSSR count). The van der Waals surface area contributed by atoms with Crippen LogP contribution in [0.3, 0.4) is 0 Å². The summed E-state index contributed by atoms with van der Waals surface area (Å²) in [6.45, 7) is 3.14. The summed E-state index contributed by atoms with van der Waals surface area (Å²) in [6, 6.07) is 0. The summed E-state index contributed by atoms with van der Waals surface area (Å²) in [5.74, 6) is -1.21. The van der Waals surface area contributed by atoms with Crippen LogP contribution in [0, 0.1) is 0 Å². The van der Waals surface area contributed by atoms with E-state index in [0.29, 0.717) is 5.70 Å². The summed E-state index contributed by atoms with van der Waals surface area (Å²) in [7, 11) is 0. The zero-order valence-corrected chi connectivity index (χ0v) is 8.79. The van der Waals surface area contributed by atoms with E-state index in [9.17, 15) is 9.90 Å². The molecule has 4 nitrogen and oxygen atoms in total. The quantitative estimate of drug-likeness (QED) is 0.383. The van der Waals surface area contributed by atoms with Crippen molar-refractivity contribution >= 4 is 5.97 Å². The van der Waals surface area contributed by atoms with Crippen molar-refractivity contribution in [3.63, 3.8) is 0 Å². The van der Waals surface area contributed by atoms with Crippen LogP contribution in [-0.2, 0) is 4.79 Å². The second kappa shape index (κ2) is 3.47. The fourth-order valence-electron chi connectivity index (χ4n) is 0.747. The number of hydrogen-bond acceptors (Lipinski definition) is 4. The predicted octanol–water partition coefficient (Wildman–Crippen LogP) is -3.13. The van der Waals surface area contributed by atoms with Gasteiger partial charge < -0.3 is 9.90 Å². The van der Waals surface area contributed by atoms with Gasteiger partial charge in [-0.25, -0.2) is 0 Å². The van der Waals surface area contributed by atoms with E-state index in [1.165, 1.54) is 13.0 Å². The molecular weight excluding hydrogens is 155 g/mol. The Balaban J connectivity index is 0.000001000. The maximum Gasteiger partial charge on any atom is 1.00 e. The Morgan fingerprint density at radius 2 is 2.27 bits per heavy atom. The number of carboxylic acids is 1. The smallest absolute Gasteiger partial charge is 0.547 e. The van der Waals surface area contributed by atoms with Crippen molar-refractivity contribution in [3.8, 4) is 0 Å². The molecule has 1 heterocycles. The van der Waals surface area contributed by atoms with Crippen molar-refractivity contribution in [2.75, 3.05) is 0 Å². The fourth-order valence-corrected chi connectivity index (χ4v) is 0.747. The molecular formula is C6H7N2NaO2. The Kier molecular flexibility index (Phi) is 3.41. The van der Waals surface area contributed by atoms with Gasteiger partial charge in [-0.15, -0.1) is 0 Å².